The molecule has 0 saturated heterocycles. The minimum atomic E-state index is -3.82. The molecular formula is C16H15NO5S. The highest BCUT2D eigenvalue weighted by molar-refractivity contribution is 7.89. The van der Waals surface area contributed by atoms with Crippen molar-refractivity contribution in [1.29, 1.82) is 0 Å². The van der Waals surface area contributed by atoms with Crippen LogP contribution in [0.2, 0.25) is 0 Å². The zero-order valence-electron chi connectivity index (χ0n) is 12.1. The first-order valence-electron chi connectivity index (χ1n) is 7.03. The number of aliphatic hydroxyl groups is 1. The molecule has 0 fully saturated rings. The molecule has 0 atom stereocenters. The van der Waals surface area contributed by atoms with Gasteiger partial charge in [0.05, 0.1) is 10.5 Å². The molecule has 23 heavy (non-hydrogen) atoms. The fraction of sp³-hybridized carbons (Fsp3) is 0.188. The van der Waals surface area contributed by atoms with E-state index in [9.17, 15) is 18.3 Å². The molecule has 0 amide bonds. The van der Waals surface area contributed by atoms with E-state index < -0.39 is 16.0 Å². The second-order valence-electron chi connectivity index (χ2n) is 5.33. The number of fused-ring (bicyclic) bond motifs is 1. The third kappa shape index (κ3) is 2.80. The van der Waals surface area contributed by atoms with Crippen molar-refractivity contribution in [3.8, 4) is 0 Å². The number of rotatable bonds is 3. The SMILES string of the molecule is O=C(O)C1=C(O)CCN(S(=O)(=O)c2ccc3ccccc3c2)C1. The van der Waals surface area contributed by atoms with Crippen molar-refractivity contribution in [1.82, 2.24) is 4.31 Å². The highest BCUT2D eigenvalue weighted by atomic mass is 32.2. The lowest BCUT2D eigenvalue weighted by atomic mass is 10.1. The average Bonchev–Trinajstić information content (AvgIpc) is 2.54. The monoisotopic (exact) mass is 333 g/mol. The van der Waals surface area contributed by atoms with Gasteiger partial charge in [0.15, 0.2) is 0 Å². The molecular weight excluding hydrogens is 318 g/mol. The number of sulfonamides is 1. The normalized spacial score (nSPS) is 16.7. The van der Waals surface area contributed by atoms with Gasteiger partial charge in [0, 0.05) is 19.5 Å². The van der Waals surface area contributed by atoms with Crippen LogP contribution in [0, 0.1) is 0 Å². The quantitative estimate of drug-likeness (QED) is 0.897. The molecule has 3 rings (SSSR count). The van der Waals surface area contributed by atoms with Crippen LogP contribution in [0.1, 0.15) is 6.42 Å². The van der Waals surface area contributed by atoms with Crippen molar-refractivity contribution >= 4 is 26.8 Å². The predicted octanol–water partition coefficient (Wildman–Crippen LogP) is 2.13. The van der Waals surface area contributed by atoms with Gasteiger partial charge in [-0.2, -0.15) is 4.31 Å². The fourth-order valence-corrected chi connectivity index (χ4v) is 4.05. The Morgan fingerprint density at radius 2 is 1.78 bits per heavy atom. The Hall–Kier alpha value is -2.38. The molecule has 2 N–H and O–H groups in total. The number of benzene rings is 2. The number of hydrogen-bond donors (Lipinski definition) is 2. The van der Waals surface area contributed by atoms with Crippen LogP contribution in [0.25, 0.3) is 10.8 Å². The Morgan fingerprint density at radius 1 is 1.09 bits per heavy atom. The third-order valence-electron chi connectivity index (χ3n) is 3.90. The highest BCUT2D eigenvalue weighted by Crippen LogP contribution is 2.25. The molecule has 0 bridgehead atoms. The minimum absolute atomic E-state index is 0.00551. The van der Waals surface area contributed by atoms with Gasteiger partial charge in [-0.1, -0.05) is 30.3 Å². The van der Waals surface area contributed by atoms with Gasteiger partial charge in [-0.15, -0.1) is 0 Å². The first kappa shape index (κ1) is 15.5. The van der Waals surface area contributed by atoms with Crippen LogP contribution >= 0.6 is 0 Å². The first-order chi connectivity index (χ1) is 10.9. The molecule has 120 valence electrons. The molecule has 1 aliphatic rings. The summed E-state index contributed by atoms with van der Waals surface area (Å²) in [5.74, 6) is -1.57. The predicted molar refractivity (Wildman–Crippen MR) is 84.6 cm³/mol. The zero-order valence-corrected chi connectivity index (χ0v) is 13.0. The van der Waals surface area contributed by atoms with E-state index in [4.69, 9.17) is 5.11 Å². The molecule has 6 nitrogen and oxygen atoms in total. The summed E-state index contributed by atoms with van der Waals surface area (Å²) in [4.78, 5) is 11.2. The lowest BCUT2D eigenvalue weighted by Gasteiger charge is -2.26. The second-order valence-corrected chi connectivity index (χ2v) is 7.27. The van der Waals surface area contributed by atoms with Gasteiger partial charge in [0.25, 0.3) is 0 Å². The smallest absolute Gasteiger partial charge is 0.336 e. The van der Waals surface area contributed by atoms with Crippen LogP contribution in [0.3, 0.4) is 0 Å². The largest absolute Gasteiger partial charge is 0.512 e. The standard InChI is InChI=1S/C16H15NO5S/c18-15-7-8-17(10-14(15)16(19)20)23(21,22)13-6-5-11-3-1-2-4-12(11)9-13/h1-6,9,18H,7-8,10H2,(H,19,20). The fourth-order valence-electron chi connectivity index (χ4n) is 2.60. The van der Waals surface area contributed by atoms with Gasteiger partial charge in [0.1, 0.15) is 5.76 Å². The van der Waals surface area contributed by atoms with Gasteiger partial charge in [-0.05, 0) is 22.9 Å². The maximum absolute atomic E-state index is 12.7. The summed E-state index contributed by atoms with van der Waals surface area (Å²) in [5.41, 5.74) is -0.277. The van der Waals surface area contributed by atoms with Gasteiger partial charge >= 0.3 is 5.97 Å². The van der Waals surface area contributed by atoms with Crippen molar-refractivity contribution in [2.45, 2.75) is 11.3 Å². The molecule has 2 aromatic rings. The van der Waals surface area contributed by atoms with E-state index in [1.807, 2.05) is 24.3 Å². The van der Waals surface area contributed by atoms with E-state index in [0.29, 0.717) is 0 Å². The Balaban J connectivity index is 1.99. The third-order valence-corrected chi connectivity index (χ3v) is 5.74. The van der Waals surface area contributed by atoms with Crippen molar-refractivity contribution in [2.24, 2.45) is 0 Å². The van der Waals surface area contributed by atoms with Crippen molar-refractivity contribution in [3.05, 3.63) is 53.8 Å². The van der Waals surface area contributed by atoms with Gasteiger partial charge in [0.2, 0.25) is 10.0 Å². The average molecular weight is 333 g/mol. The molecule has 0 unspecified atom stereocenters. The molecule has 0 spiro atoms. The molecule has 0 aliphatic carbocycles. The Morgan fingerprint density at radius 3 is 2.48 bits per heavy atom. The number of hydrogen-bond acceptors (Lipinski definition) is 4. The zero-order chi connectivity index (χ0) is 16.6. The van der Waals surface area contributed by atoms with E-state index in [1.165, 1.54) is 6.07 Å². The Bertz CT molecular complexity index is 917. The van der Waals surface area contributed by atoms with Crippen LogP contribution in [-0.4, -0.2) is 42.0 Å². The summed E-state index contributed by atoms with van der Waals surface area (Å²) >= 11 is 0. The van der Waals surface area contributed by atoms with Crippen molar-refractivity contribution in [2.75, 3.05) is 13.1 Å². The number of aliphatic carboxylic acids is 1. The van der Waals surface area contributed by atoms with E-state index in [-0.39, 0.29) is 35.7 Å². The van der Waals surface area contributed by atoms with E-state index >= 15 is 0 Å². The molecule has 2 aromatic carbocycles. The highest BCUT2D eigenvalue weighted by Gasteiger charge is 2.32. The van der Waals surface area contributed by atoms with E-state index in [0.717, 1.165) is 15.1 Å². The number of aliphatic hydroxyl groups excluding tert-OH is 1. The second kappa shape index (κ2) is 5.68. The van der Waals surface area contributed by atoms with Crippen molar-refractivity contribution < 1.29 is 23.4 Å². The number of carbonyl (C=O) groups is 1. The molecule has 0 aromatic heterocycles. The Kier molecular flexibility index (Phi) is 3.83. The minimum Gasteiger partial charge on any atom is -0.512 e. The number of carboxylic acids is 1. The summed E-state index contributed by atoms with van der Waals surface area (Å²) in [5, 5.41) is 20.4. The van der Waals surface area contributed by atoms with Crippen molar-refractivity contribution in [3.63, 3.8) is 0 Å². The first-order valence-corrected chi connectivity index (χ1v) is 8.47. The summed E-state index contributed by atoms with van der Waals surface area (Å²) in [6.45, 7) is -0.284. The van der Waals surface area contributed by atoms with Gasteiger partial charge in [-0.3, -0.25) is 0 Å². The van der Waals surface area contributed by atoms with Crippen LogP contribution in [0.5, 0.6) is 0 Å². The van der Waals surface area contributed by atoms with E-state index in [1.54, 1.807) is 12.1 Å². The summed E-state index contributed by atoms with van der Waals surface area (Å²) in [6, 6.07) is 12.2. The summed E-state index contributed by atoms with van der Waals surface area (Å²) in [7, 11) is -3.82. The number of carboxylic acid groups (broad SMARTS) is 1. The lowest BCUT2D eigenvalue weighted by molar-refractivity contribution is -0.133. The molecule has 7 heteroatoms. The summed E-state index contributed by atoms with van der Waals surface area (Å²) in [6.07, 6.45) is -0.00551. The van der Waals surface area contributed by atoms with E-state index in [2.05, 4.69) is 0 Å². The van der Waals surface area contributed by atoms with Gasteiger partial charge < -0.3 is 10.2 Å². The van der Waals surface area contributed by atoms with Crippen LogP contribution in [0.15, 0.2) is 58.7 Å². The molecule has 0 saturated carbocycles. The lowest BCUT2D eigenvalue weighted by Crippen LogP contribution is -2.38. The maximum atomic E-state index is 12.7. The molecule has 0 radical (unpaired) electrons. The van der Waals surface area contributed by atoms with Crippen LogP contribution in [0.4, 0.5) is 0 Å². The Labute approximate surface area is 133 Å². The molecule has 1 heterocycles. The maximum Gasteiger partial charge on any atom is 0.336 e. The van der Waals surface area contributed by atoms with Crippen LogP contribution < -0.4 is 0 Å². The van der Waals surface area contributed by atoms with Crippen LogP contribution in [-0.2, 0) is 14.8 Å². The molecule has 1 aliphatic heterocycles. The summed E-state index contributed by atoms with van der Waals surface area (Å²) < 4.78 is 26.6. The number of nitrogens with zero attached hydrogens (tertiary/aromatic N) is 1. The topological polar surface area (TPSA) is 94.9 Å². The van der Waals surface area contributed by atoms with Gasteiger partial charge in [-0.25, -0.2) is 13.2 Å².